The van der Waals surface area contributed by atoms with E-state index in [2.05, 4.69) is 39.7 Å². The minimum atomic E-state index is 0.327. The van der Waals surface area contributed by atoms with E-state index in [0.717, 1.165) is 42.9 Å². The molecule has 112 valence electrons. The molecule has 2 aromatic rings. The van der Waals surface area contributed by atoms with Crippen LogP contribution in [0, 0.1) is 5.92 Å². The summed E-state index contributed by atoms with van der Waals surface area (Å²) in [6.07, 6.45) is 0. The van der Waals surface area contributed by atoms with Crippen molar-refractivity contribution in [3.63, 3.8) is 0 Å². The van der Waals surface area contributed by atoms with Gasteiger partial charge in [0.2, 0.25) is 5.28 Å². The van der Waals surface area contributed by atoms with Crippen LogP contribution in [0.15, 0.2) is 24.3 Å². The molecule has 0 aliphatic carbocycles. The molecule has 1 aliphatic heterocycles. The molecule has 0 unspecified atom stereocenters. The second-order valence-electron chi connectivity index (χ2n) is 6.01. The minimum absolute atomic E-state index is 0.327. The Balaban J connectivity index is 1.82. The highest BCUT2D eigenvalue weighted by atomic mass is 35.5. The van der Waals surface area contributed by atoms with E-state index in [9.17, 15) is 0 Å². The Bertz CT molecular complexity index is 621. The lowest BCUT2D eigenvalue weighted by Gasteiger charge is -2.36. The molecule has 0 amide bonds. The smallest absolute Gasteiger partial charge is 0.224 e. The molecule has 3 rings (SSSR count). The number of fused-ring (bicyclic) bond motifs is 1. The molecule has 4 nitrogen and oxygen atoms in total. The summed E-state index contributed by atoms with van der Waals surface area (Å²) in [5, 5.41) is 1.41. The number of piperazine rings is 1. The third kappa shape index (κ3) is 3.27. The molecule has 5 heteroatoms. The van der Waals surface area contributed by atoms with Gasteiger partial charge in [-0.3, -0.25) is 4.90 Å². The quantitative estimate of drug-likeness (QED) is 0.816. The van der Waals surface area contributed by atoms with Gasteiger partial charge in [0.15, 0.2) is 0 Å². The molecule has 0 atom stereocenters. The van der Waals surface area contributed by atoms with Crippen molar-refractivity contribution >= 4 is 28.3 Å². The van der Waals surface area contributed by atoms with Gasteiger partial charge in [-0.25, -0.2) is 4.98 Å². The number of hydrogen-bond donors (Lipinski definition) is 0. The summed E-state index contributed by atoms with van der Waals surface area (Å²) in [6.45, 7) is 9.84. The van der Waals surface area contributed by atoms with Crippen LogP contribution in [0.2, 0.25) is 5.28 Å². The van der Waals surface area contributed by atoms with E-state index in [0.29, 0.717) is 11.2 Å². The first-order chi connectivity index (χ1) is 10.1. The topological polar surface area (TPSA) is 32.3 Å². The van der Waals surface area contributed by atoms with Gasteiger partial charge in [0.05, 0.1) is 5.52 Å². The molecule has 0 saturated carbocycles. The van der Waals surface area contributed by atoms with Crippen molar-refractivity contribution in [2.75, 3.05) is 37.6 Å². The van der Waals surface area contributed by atoms with Gasteiger partial charge in [0.1, 0.15) is 5.82 Å². The van der Waals surface area contributed by atoms with Crippen LogP contribution in [0.3, 0.4) is 0 Å². The lowest BCUT2D eigenvalue weighted by molar-refractivity contribution is 0.231. The zero-order chi connectivity index (χ0) is 14.8. The monoisotopic (exact) mass is 304 g/mol. The standard InChI is InChI=1S/C16H21ClN4/c1-12(2)11-20-7-9-21(10-8-20)15-13-5-3-4-6-14(13)18-16(17)19-15/h3-6,12H,7-11H2,1-2H3. The number of anilines is 1. The largest absolute Gasteiger partial charge is 0.353 e. The number of halogens is 1. The van der Waals surface area contributed by atoms with Gasteiger partial charge in [0, 0.05) is 38.1 Å². The normalized spacial score (nSPS) is 16.9. The Hall–Kier alpha value is -1.39. The predicted molar refractivity (Wildman–Crippen MR) is 88.0 cm³/mol. The first kappa shape index (κ1) is 14.5. The molecule has 0 N–H and O–H groups in total. The third-order valence-electron chi connectivity index (χ3n) is 3.85. The second-order valence-corrected chi connectivity index (χ2v) is 6.35. The van der Waals surface area contributed by atoms with Crippen molar-refractivity contribution in [2.45, 2.75) is 13.8 Å². The summed E-state index contributed by atoms with van der Waals surface area (Å²) in [4.78, 5) is 13.6. The van der Waals surface area contributed by atoms with E-state index < -0.39 is 0 Å². The number of hydrogen-bond acceptors (Lipinski definition) is 4. The zero-order valence-electron chi connectivity index (χ0n) is 12.6. The summed E-state index contributed by atoms with van der Waals surface area (Å²) >= 11 is 6.08. The minimum Gasteiger partial charge on any atom is -0.353 e. The molecule has 1 aromatic heterocycles. The van der Waals surface area contributed by atoms with Crippen molar-refractivity contribution < 1.29 is 0 Å². The van der Waals surface area contributed by atoms with Crippen molar-refractivity contribution in [2.24, 2.45) is 5.92 Å². The first-order valence-electron chi connectivity index (χ1n) is 7.53. The fourth-order valence-corrected chi connectivity index (χ4v) is 3.10. The van der Waals surface area contributed by atoms with E-state index in [1.807, 2.05) is 18.2 Å². The Labute approximate surface area is 130 Å². The van der Waals surface area contributed by atoms with Crippen molar-refractivity contribution in [1.82, 2.24) is 14.9 Å². The molecule has 2 heterocycles. The highest BCUT2D eigenvalue weighted by Gasteiger charge is 2.20. The van der Waals surface area contributed by atoms with Gasteiger partial charge >= 0.3 is 0 Å². The lowest BCUT2D eigenvalue weighted by atomic mass is 10.1. The van der Waals surface area contributed by atoms with Gasteiger partial charge < -0.3 is 4.90 Å². The van der Waals surface area contributed by atoms with Crippen LogP contribution >= 0.6 is 11.6 Å². The van der Waals surface area contributed by atoms with Gasteiger partial charge in [-0.15, -0.1) is 0 Å². The number of benzene rings is 1. The average molecular weight is 305 g/mol. The van der Waals surface area contributed by atoms with Crippen LogP contribution in [0.5, 0.6) is 0 Å². The molecule has 1 aliphatic rings. The molecule has 1 saturated heterocycles. The van der Waals surface area contributed by atoms with Gasteiger partial charge in [-0.05, 0) is 29.7 Å². The Kier molecular flexibility index (Phi) is 4.27. The lowest BCUT2D eigenvalue weighted by Crippen LogP contribution is -2.47. The van der Waals surface area contributed by atoms with Crippen molar-refractivity contribution in [1.29, 1.82) is 0 Å². The van der Waals surface area contributed by atoms with E-state index in [1.54, 1.807) is 0 Å². The molecule has 0 bridgehead atoms. The fourth-order valence-electron chi connectivity index (χ4n) is 2.93. The summed E-state index contributed by atoms with van der Waals surface area (Å²) in [7, 11) is 0. The van der Waals surface area contributed by atoms with E-state index in [1.165, 1.54) is 6.54 Å². The average Bonchev–Trinajstić information content (AvgIpc) is 2.46. The number of aromatic nitrogens is 2. The highest BCUT2D eigenvalue weighted by Crippen LogP contribution is 2.26. The molecule has 1 fully saturated rings. The van der Waals surface area contributed by atoms with Crippen molar-refractivity contribution in [3.8, 4) is 0 Å². The maximum Gasteiger partial charge on any atom is 0.224 e. The Morgan fingerprint density at radius 2 is 1.81 bits per heavy atom. The van der Waals surface area contributed by atoms with Crippen molar-refractivity contribution in [3.05, 3.63) is 29.5 Å². The number of rotatable bonds is 3. The maximum absolute atomic E-state index is 6.08. The van der Waals surface area contributed by atoms with E-state index in [-0.39, 0.29) is 0 Å². The summed E-state index contributed by atoms with van der Waals surface area (Å²) < 4.78 is 0. The predicted octanol–water partition coefficient (Wildman–Crippen LogP) is 3.06. The van der Waals surface area contributed by atoms with Crippen LogP contribution in [-0.2, 0) is 0 Å². The highest BCUT2D eigenvalue weighted by molar-refractivity contribution is 6.28. The van der Waals surface area contributed by atoms with E-state index >= 15 is 0 Å². The number of nitrogens with zero attached hydrogens (tertiary/aromatic N) is 4. The molecular formula is C16H21ClN4. The maximum atomic E-state index is 6.08. The van der Waals surface area contributed by atoms with Crippen LogP contribution in [0.25, 0.3) is 10.9 Å². The second kappa shape index (κ2) is 6.16. The van der Waals surface area contributed by atoms with E-state index in [4.69, 9.17) is 11.6 Å². The third-order valence-corrected chi connectivity index (χ3v) is 4.02. The molecular weight excluding hydrogens is 284 g/mol. The SMILES string of the molecule is CC(C)CN1CCN(c2nc(Cl)nc3ccccc23)CC1. The fraction of sp³-hybridized carbons (Fsp3) is 0.500. The molecule has 0 radical (unpaired) electrons. The van der Waals surface area contributed by atoms with Crippen LogP contribution in [0.1, 0.15) is 13.8 Å². The zero-order valence-corrected chi connectivity index (χ0v) is 13.3. The molecule has 1 aromatic carbocycles. The number of para-hydroxylation sites is 1. The first-order valence-corrected chi connectivity index (χ1v) is 7.91. The molecule has 0 spiro atoms. The summed E-state index contributed by atoms with van der Waals surface area (Å²) in [5.74, 6) is 1.68. The summed E-state index contributed by atoms with van der Waals surface area (Å²) in [5.41, 5.74) is 0.914. The Morgan fingerprint density at radius 3 is 2.52 bits per heavy atom. The van der Waals surface area contributed by atoms with Gasteiger partial charge in [-0.2, -0.15) is 4.98 Å². The van der Waals surface area contributed by atoms with Crippen LogP contribution in [0.4, 0.5) is 5.82 Å². The molecule has 21 heavy (non-hydrogen) atoms. The summed E-state index contributed by atoms with van der Waals surface area (Å²) in [6, 6.07) is 8.07. The van der Waals surface area contributed by atoms with Gasteiger partial charge in [0.25, 0.3) is 0 Å². The van der Waals surface area contributed by atoms with Gasteiger partial charge in [-0.1, -0.05) is 26.0 Å². The van der Waals surface area contributed by atoms with Crippen LogP contribution in [-0.4, -0.2) is 47.6 Å². The van der Waals surface area contributed by atoms with Crippen LogP contribution < -0.4 is 4.90 Å². The Morgan fingerprint density at radius 1 is 1.10 bits per heavy atom.